The van der Waals surface area contributed by atoms with Gasteiger partial charge in [0, 0.05) is 19.3 Å². The normalized spacial score (nSPS) is 13.9. The third kappa shape index (κ3) is 31.6. The van der Waals surface area contributed by atoms with Crippen LogP contribution in [0.3, 0.4) is 0 Å². The van der Waals surface area contributed by atoms with Crippen LogP contribution in [-0.2, 0) is 28.6 Å². The first kappa shape index (κ1) is 46.3. The van der Waals surface area contributed by atoms with Crippen LogP contribution in [0.5, 0.6) is 0 Å². The number of ether oxygens (including phenoxy) is 3. The maximum atomic E-state index is 12.6. The van der Waals surface area contributed by atoms with Crippen molar-refractivity contribution in [1.82, 2.24) is 0 Å². The second-order valence-electron chi connectivity index (χ2n) is 13.7. The number of carbonyl (C=O) groups excluding carboxylic acids is 3. The van der Waals surface area contributed by atoms with Crippen LogP contribution in [0, 0.1) is 0 Å². The first-order chi connectivity index (χ1) is 23.2. The van der Waals surface area contributed by atoms with Gasteiger partial charge in [-0.25, -0.2) is 0 Å². The first-order valence-electron chi connectivity index (χ1n) is 19.8. The monoisotopic (exact) mass is 687 g/mol. The van der Waals surface area contributed by atoms with Crippen molar-refractivity contribution < 1.29 is 43.9 Å². The Labute approximate surface area is 293 Å². The van der Waals surface area contributed by atoms with Gasteiger partial charge in [-0.15, -0.1) is 0 Å². The second kappa shape index (κ2) is 33.8. The van der Waals surface area contributed by atoms with Crippen LogP contribution >= 0.6 is 0 Å². The van der Waals surface area contributed by atoms with Gasteiger partial charge < -0.3 is 29.5 Å². The Kier molecular flexibility index (Phi) is 32.6. The zero-order valence-corrected chi connectivity index (χ0v) is 31.1. The number of unbranched alkanes of at least 4 members (excludes halogenated alkanes) is 12. The van der Waals surface area contributed by atoms with Gasteiger partial charge in [-0.05, 0) is 57.8 Å². The van der Waals surface area contributed by atoms with Crippen molar-refractivity contribution in [2.24, 2.45) is 0 Å². The average Bonchev–Trinajstić information content (AvgIpc) is 3.05. The maximum Gasteiger partial charge on any atom is 0.306 e. The average molecular weight is 687 g/mol. The summed E-state index contributed by atoms with van der Waals surface area (Å²) in [7, 11) is 0. The van der Waals surface area contributed by atoms with Gasteiger partial charge in [-0.3, -0.25) is 14.4 Å². The highest BCUT2D eigenvalue weighted by Gasteiger charge is 2.20. The molecule has 48 heavy (non-hydrogen) atoms. The Bertz CT molecular complexity index is 718. The largest absolute Gasteiger partial charge is 0.462 e. The van der Waals surface area contributed by atoms with Crippen molar-refractivity contribution in [3.8, 4) is 0 Å². The van der Waals surface area contributed by atoms with Gasteiger partial charge in [-0.2, -0.15) is 0 Å². The molecule has 0 amide bonds. The Morgan fingerprint density at radius 1 is 0.417 bits per heavy atom. The molecule has 0 rings (SSSR count). The lowest BCUT2D eigenvalue weighted by molar-refractivity contribution is -0.167. The van der Waals surface area contributed by atoms with Gasteiger partial charge in [0.1, 0.15) is 13.2 Å². The molecule has 0 radical (unpaired) electrons. The van der Waals surface area contributed by atoms with Gasteiger partial charge in [0.15, 0.2) is 6.10 Å². The van der Waals surface area contributed by atoms with E-state index in [-0.39, 0.29) is 32.5 Å². The number of aliphatic hydroxyl groups excluding tert-OH is 3. The molecule has 9 nitrogen and oxygen atoms in total. The molecule has 0 heterocycles. The number of esters is 3. The number of hydrogen-bond donors (Lipinski definition) is 3. The van der Waals surface area contributed by atoms with Gasteiger partial charge in [0.05, 0.1) is 18.3 Å². The van der Waals surface area contributed by atoms with Crippen molar-refractivity contribution in [3.05, 3.63) is 0 Å². The molecule has 0 spiro atoms. The molecule has 0 aliphatic heterocycles. The van der Waals surface area contributed by atoms with Crippen LogP contribution in [0.2, 0.25) is 0 Å². The molecule has 0 saturated carbocycles. The third-order valence-corrected chi connectivity index (χ3v) is 8.84. The minimum atomic E-state index is -0.934. The van der Waals surface area contributed by atoms with Crippen molar-refractivity contribution in [2.45, 2.75) is 219 Å². The number of carbonyl (C=O) groups is 3. The van der Waals surface area contributed by atoms with E-state index in [4.69, 9.17) is 14.2 Å². The summed E-state index contributed by atoms with van der Waals surface area (Å²) in [6, 6.07) is 0. The maximum absolute atomic E-state index is 12.6. The van der Waals surface area contributed by atoms with E-state index in [0.717, 1.165) is 57.8 Å². The highest BCUT2D eigenvalue weighted by Crippen LogP contribution is 2.15. The van der Waals surface area contributed by atoms with Crippen LogP contribution in [0.15, 0.2) is 0 Å². The van der Waals surface area contributed by atoms with Crippen LogP contribution < -0.4 is 0 Å². The zero-order chi connectivity index (χ0) is 35.7. The minimum absolute atomic E-state index is 0.109. The molecule has 284 valence electrons. The van der Waals surface area contributed by atoms with E-state index < -0.39 is 42.3 Å². The Balaban J connectivity index is 4.61. The SMILES string of the molecule is CCCCCCCC(O)CCCC(=O)OCC(COC(=O)CCCC(O)CCCCCCC)OC(=O)CCCC(O)CCCCCCC. The first-order valence-corrected chi connectivity index (χ1v) is 19.8. The molecule has 0 saturated heterocycles. The van der Waals surface area contributed by atoms with Gasteiger partial charge in [0.2, 0.25) is 0 Å². The molecule has 9 heteroatoms. The second-order valence-corrected chi connectivity index (χ2v) is 13.7. The molecule has 0 aromatic heterocycles. The predicted molar refractivity (Wildman–Crippen MR) is 191 cm³/mol. The summed E-state index contributed by atoms with van der Waals surface area (Å²) in [6.45, 7) is 6.05. The molecule has 3 unspecified atom stereocenters. The van der Waals surface area contributed by atoms with E-state index in [1.807, 2.05) is 0 Å². The fourth-order valence-electron chi connectivity index (χ4n) is 5.71. The van der Waals surface area contributed by atoms with Gasteiger partial charge >= 0.3 is 17.9 Å². The van der Waals surface area contributed by atoms with Crippen LogP contribution in [0.25, 0.3) is 0 Å². The van der Waals surface area contributed by atoms with Crippen molar-refractivity contribution in [1.29, 1.82) is 0 Å². The van der Waals surface area contributed by atoms with Gasteiger partial charge in [0.25, 0.3) is 0 Å². The number of rotatable bonds is 35. The lowest BCUT2D eigenvalue weighted by atomic mass is 10.0. The Hall–Kier alpha value is -1.71. The van der Waals surface area contributed by atoms with E-state index in [0.29, 0.717) is 38.5 Å². The fraction of sp³-hybridized carbons (Fsp3) is 0.923. The molecule has 0 fully saturated rings. The van der Waals surface area contributed by atoms with E-state index in [2.05, 4.69) is 20.8 Å². The van der Waals surface area contributed by atoms with Crippen LogP contribution in [0.4, 0.5) is 0 Å². The highest BCUT2D eigenvalue weighted by atomic mass is 16.6. The number of hydrogen-bond acceptors (Lipinski definition) is 9. The van der Waals surface area contributed by atoms with E-state index in [1.165, 1.54) is 57.8 Å². The smallest absolute Gasteiger partial charge is 0.306 e. The molecular weight excluding hydrogens is 612 g/mol. The molecule has 0 aromatic carbocycles. The molecule has 0 aliphatic carbocycles. The molecule has 0 bridgehead atoms. The third-order valence-electron chi connectivity index (χ3n) is 8.84. The lowest BCUT2D eigenvalue weighted by Gasteiger charge is -2.19. The number of aliphatic hydroxyl groups is 3. The summed E-state index contributed by atoms with van der Waals surface area (Å²) in [6.07, 6.45) is 20.3. The van der Waals surface area contributed by atoms with E-state index >= 15 is 0 Å². The highest BCUT2D eigenvalue weighted by molar-refractivity contribution is 5.71. The van der Waals surface area contributed by atoms with Crippen molar-refractivity contribution in [3.63, 3.8) is 0 Å². The Morgan fingerprint density at radius 3 is 1.04 bits per heavy atom. The quantitative estimate of drug-likeness (QED) is 0.0339. The summed E-state index contributed by atoms with van der Waals surface area (Å²) in [4.78, 5) is 37.4. The van der Waals surface area contributed by atoms with Crippen LogP contribution in [0.1, 0.15) is 194 Å². The van der Waals surface area contributed by atoms with Gasteiger partial charge in [-0.1, -0.05) is 117 Å². The fourth-order valence-corrected chi connectivity index (χ4v) is 5.71. The topological polar surface area (TPSA) is 140 Å². The summed E-state index contributed by atoms with van der Waals surface area (Å²) < 4.78 is 16.3. The summed E-state index contributed by atoms with van der Waals surface area (Å²) >= 11 is 0. The van der Waals surface area contributed by atoms with Crippen molar-refractivity contribution in [2.75, 3.05) is 13.2 Å². The predicted octanol–water partition coefficient (Wildman–Crippen LogP) is 8.66. The molecular formula is C39H74O9. The van der Waals surface area contributed by atoms with E-state index in [1.54, 1.807) is 0 Å². The molecule has 0 aromatic rings. The minimum Gasteiger partial charge on any atom is -0.462 e. The van der Waals surface area contributed by atoms with E-state index in [9.17, 15) is 29.7 Å². The summed E-state index contributed by atoms with van der Waals surface area (Å²) in [5.74, 6) is -1.40. The summed E-state index contributed by atoms with van der Waals surface area (Å²) in [5.41, 5.74) is 0. The van der Waals surface area contributed by atoms with Crippen molar-refractivity contribution >= 4 is 17.9 Å². The summed E-state index contributed by atoms with van der Waals surface area (Å²) in [5, 5.41) is 30.7. The standard InChI is InChI=1S/C39H74O9/c1-4-7-10-13-16-22-33(40)25-19-28-37(43)46-31-36(48-39(45)30-21-27-35(42)24-18-15-12-9-6-3)32-47-38(44)29-20-26-34(41)23-17-14-11-8-5-2/h33-36,40-42H,4-32H2,1-3H3. The molecule has 0 aliphatic rings. The van der Waals surface area contributed by atoms with Crippen LogP contribution in [-0.4, -0.2) is 70.9 Å². The lowest BCUT2D eigenvalue weighted by Crippen LogP contribution is -2.31. The molecule has 3 N–H and O–H groups in total. The molecule has 3 atom stereocenters. The zero-order valence-electron chi connectivity index (χ0n) is 31.1. The Morgan fingerprint density at radius 2 is 0.708 bits per heavy atom.